The van der Waals surface area contributed by atoms with Crippen molar-refractivity contribution in [2.45, 2.75) is 32.8 Å². The molecular formula is C26H23BrIN3O2. The van der Waals surface area contributed by atoms with Crippen molar-refractivity contribution >= 4 is 55.6 Å². The molecule has 0 radical (unpaired) electrons. The third-order valence-electron chi connectivity index (χ3n) is 5.40. The van der Waals surface area contributed by atoms with Crippen LogP contribution in [0.25, 0.3) is 10.9 Å². The van der Waals surface area contributed by atoms with E-state index in [-0.39, 0.29) is 11.5 Å². The molecule has 0 amide bonds. The molecule has 3 aromatic carbocycles. The number of hydrogen-bond acceptors (Lipinski definition) is 4. The van der Waals surface area contributed by atoms with Crippen molar-refractivity contribution in [3.05, 3.63) is 102 Å². The number of aromatic nitrogens is 2. The molecule has 1 heterocycles. The Balaban J connectivity index is 1.64. The van der Waals surface area contributed by atoms with Crippen molar-refractivity contribution in [1.82, 2.24) is 9.66 Å². The molecular weight excluding hydrogens is 593 g/mol. The summed E-state index contributed by atoms with van der Waals surface area (Å²) < 4.78 is 9.20. The first-order valence-electron chi connectivity index (χ1n) is 10.7. The first-order chi connectivity index (χ1) is 16.0. The van der Waals surface area contributed by atoms with E-state index in [4.69, 9.17) is 9.72 Å². The zero-order valence-electron chi connectivity index (χ0n) is 18.3. The van der Waals surface area contributed by atoms with E-state index in [1.165, 1.54) is 4.68 Å². The average molecular weight is 616 g/mol. The van der Waals surface area contributed by atoms with E-state index < -0.39 is 0 Å². The highest BCUT2D eigenvalue weighted by Gasteiger charge is 2.15. The Hall–Kier alpha value is -2.52. The molecule has 4 rings (SSSR count). The van der Waals surface area contributed by atoms with Gasteiger partial charge in [0.05, 0.1) is 20.7 Å². The number of fused-ring (bicyclic) bond motifs is 1. The fourth-order valence-corrected chi connectivity index (χ4v) is 4.41. The smallest absolute Gasteiger partial charge is 0.282 e. The van der Waals surface area contributed by atoms with E-state index in [1.54, 1.807) is 12.3 Å². The van der Waals surface area contributed by atoms with Gasteiger partial charge in [-0.3, -0.25) is 4.79 Å². The van der Waals surface area contributed by atoms with Crippen LogP contribution in [0.5, 0.6) is 5.75 Å². The van der Waals surface area contributed by atoms with Crippen molar-refractivity contribution in [3.8, 4) is 5.75 Å². The van der Waals surface area contributed by atoms with Crippen molar-refractivity contribution in [1.29, 1.82) is 0 Å². The second-order valence-electron chi connectivity index (χ2n) is 7.77. The first kappa shape index (κ1) is 23.6. The van der Waals surface area contributed by atoms with Gasteiger partial charge in [-0.05, 0) is 76.5 Å². The highest BCUT2D eigenvalue weighted by Crippen LogP contribution is 2.23. The zero-order valence-corrected chi connectivity index (χ0v) is 22.1. The molecule has 0 aliphatic carbocycles. The lowest BCUT2D eigenvalue weighted by Crippen LogP contribution is -2.23. The Labute approximate surface area is 214 Å². The summed E-state index contributed by atoms with van der Waals surface area (Å²) in [6.45, 7) is 4.64. The number of rotatable bonds is 7. The maximum atomic E-state index is 13.3. The number of halogens is 2. The van der Waals surface area contributed by atoms with Crippen LogP contribution in [0, 0.1) is 3.57 Å². The van der Waals surface area contributed by atoms with Gasteiger partial charge in [0.1, 0.15) is 18.2 Å². The molecule has 33 heavy (non-hydrogen) atoms. The lowest BCUT2D eigenvalue weighted by Gasteiger charge is -2.14. The fourth-order valence-electron chi connectivity index (χ4n) is 3.35. The number of hydrogen-bond donors (Lipinski definition) is 0. The minimum Gasteiger partial charge on any atom is -0.488 e. The molecule has 0 N–H and O–H groups in total. The monoisotopic (exact) mass is 615 g/mol. The summed E-state index contributed by atoms with van der Waals surface area (Å²) >= 11 is 5.70. The predicted octanol–water partition coefficient (Wildman–Crippen LogP) is 6.74. The molecule has 0 saturated carbocycles. The van der Waals surface area contributed by atoms with Gasteiger partial charge in [0.2, 0.25) is 0 Å². The Bertz CT molecular complexity index is 1370. The molecule has 1 aromatic heterocycles. The van der Waals surface area contributed by atoms with E-state index in [9.17, 15) is 4.79 Å². The molecule has 0 unspecified atom stereocenters. The summed E-state index contributed by atoms with van der Waals surface area (Å²) in [6, 6.07) is 21.5. The zero-order chi connectivity index (χ0) is 23.4. The molecule has 1 atom stereocenters. The van der Waals surface area contributed by atoms with Gasteiger partial charge in [-0.15, -0.1) is 0 Å². The van der Waals surface area contributed by atoms with Gasteiger partial charge >= 0.3 is 0 Å². The van der Waals surface area contributed by atoms with Crippen LogP contribution in [0.3, 0.4) is 0 Å². The lowest BCUT2D eigenvalue weighted by molar-refractivity contribution is 0.304. The lowest BCUT2D eigenvalue weighted by atomic mass is 10.1. The molecule has 0 aliphatic heterocycles. The van der Waals surface area contributed by atoms with Crippen LogP contribution in [-0.4, -0.2) is 15.9 Å². The van der Waals surface area contributed by atoms with Crippen LogP contribution < -0.4 is 10.3 Å². The minimum atomic E-state index is -0.176. The summed E-state index contributed by atoms with van der Waals surface area (Å²) in [5.74, 6) is 1.56. The van der Waals surface area contributed by atoms with Crippen LogP contribution >= 0.6 is 38.5 Å². The Morgan fingerprint density at radius 3 is 2.67 bits per heavy atom. The Morgan fingerprint density at radius 2 is 1.94 bits per heavy atom. The first-order valence-corrected chi connectivity index (χ1v) is 12.6. The van der Waals surface area contributed by atoms with E-state index in [0.717, 1.165) is 31.3 Å². The van der Waals surface area contributed by atoms with Crippen molar-refractivity contribution in [2.24, 2.45) is 5.10 Å². The highest BCUT2D eigenvalue weighted by atomic mass is 127. The molecule has 0 saturated heterocycles. The molecule has 5 nitrogen and oxygen atoms in total. The maximum absolute atomic E-state index is 13.3. The minimum absolute atomic E-state index is 0.0943. The Morgan fingerprint density at radius 1 is 1.15 bits per heavy atom. The van der Waals surface area contributed by atoms with Crippen molar-refractivity contribution in [3.63, 3.8) is 0 Å². The third kappa shape index (κ3) is 5.52. The number of ether oxygens (including phenoxy) is 1. The average Bonchev–Trinajstić information content (AvgIpc) is 2.83. The molecule has 0 fully saturated rings. The quantitative estimate of drug-likeness (QED) is 0.171. The molecule has 7 heteroatoms. The largest absolute Gasteiger partial charge is 0.488 e. The van der Waals surface area contributed by atoms with Gasteiger partial charge in [0.15, 0.2) is 0 Å². The van der Waals surface area contributed by atoms with Gasteiger partial charge in [-0.1, -0.05) is 60.1 Å². The second-order valence-corrected chi connectivity index (χ2v) is 9.84. The fraction of sp³-hybridized carbons (Fsp3) is 0.192. The summed E-state index contributed by atoms with van der Waals surface area (Å²) in [4.78, 5) is 18.0. The van der Waals surface area contributed by atoms with Gasteiger partial charge in [0, 0.05) is 10.4 Å². The summed E-state index contributed by atoms with van der Waals surface area (Å²) in [6.07, 6.45) is 2.55. The molecule has 168 valence electrons. The van der Waals surface area contributed by atoms with E-state index in [2.05, 4.69) is 57.5 Å². The van der Waals surface area contributed by atoms with E-state index in [1.807, 2.05) is 60.7 Å². The maximum Gasteiger partial charge on any atom is 0.282 e. The van der Waals surface area contributed by atoms with Crippen LogP contribution in [0.4, 0.5) is 0 Å². The van der Waals surface area contributed by atoms with Crippen molar-refractivity contribution < 1.29 is 4.74 Å². The van der Waals surface area contributed by atoms with Crippen LogP contribution in [0.1, 0.15) is 43.1 Å². The van der Waals surface area contributed by atoms with Gasteiger partial charge in [0.25, 0.3) is 5.56 Å². The van der Waals surface area contributed by atoms with Gasteiger partial charge < -0.3 is 4.74 Å². The van der Waals surface area contributed by atoms with Crippen LogP contribution in [0.15, 0.2) is 81.1 Å². The summed E-state index contributed by atoms with van der Waals surface area (Å²) in [7, 11) is 0. The SMILES string of the molecule is CC[C@H](C)c1nc2ccc(Br)cc2c(=O)n1N=Cc1ccc(OCc2ccccc2)c(I)c1. The summed E-state index contributed by atoms with van der Waals surface area (Å²) in [5, 5.41) is 5.08. The second kappa shape index (κ2) is 10.6. The number of benzene rings is 3. The standard InChI is InChI=1S/C26H23BrIN3O2/c1-3-17(2)25-30-23-11-10-20(27)14-21(23)26(32)31(25)29-15-19-9-12-24(22(28)13-19)33-16-18-7-5-4-6-8-18/h4-15,17H,3,16H2,1-2H3/t17-/m0/s1. The van der Waals surface area contributed by atoms with Crippen LogP contribution in [0.2, 0.25) is 0 Å². The summed E-state index contributed by atoms with van der Waals surface area (Å²) in [5.41, 5.74) is 2.50. The highest BCUT2D eigenvalue weighted by molar-refractivity contribution is 14.1. The van der Waals surface area contributed by atoms with Crippen molar-refractivity contribution in [2.75, 3.05) is 0 Å². The molecule has 0 aliphatic rings. The molecule has 0 spiro atoms. The molecule has 4 aromatic rings. The van der Waals surface area contributed by atoms with E-state index >= 15 is 0 Å². The third-order valence-corrected chi connectivity index (χ3v) is 6.74. The predicted molar refractivity (Wildman–Crippen MR) is 145 cm³/mol. The van der Waals surface area contributed by atoms with Crippen LogP contribution in [-0.2, 0) is 6.61 Å². The van der Waals surface area contributed by atoms with Gasteiger partial charge in [-0.2, -0.15) is 9.78 Å². The normalized spacial score (nSPS) is 12.4. The number of nitrogens with zero attached hydrogens (tertiary/aromatic N) is 3. The van der Waals surface area contributed by atoms with E-state index in [0.29, 0.717) is 23.3 Å². The molecule has 0 bridgehead atoms. The van der Waals surface area contributed by atoms with Gasteiger partial charge in [-0.25, -0.2) is 4.98 Å². The Kier molecular flexibility index (Phi) is 7.60. The topological polar surface area (TPSA) is 56.5 Å².